The SMILES string of the molecule is CO[C@]12C=C[C@@]3(C[C@@H]1C(O)c1ccccc1)[C@H]1Cc4ccc(C)c5c4[C@@]3(CCN1CC1CC1)[C@H]2O5. The number of fused-ring (bicyclic) bond motifs is 1. The molecule has 2 saturated carbocycles. The molecule has 7 atom stereocenters. The fraction of sp³-hybridized carbons (Fsp3) is 0.548. The second-order valence-electron chi connectivity index (χ2n) is 12.2. The maximum atomic E-state index is 11.9. The Bertz CT molecular complexity index is 1240. The average Bonchev–Trinajstić information content (AvgIpc) is 3.63. The van der Waals surface area contributed by atoms with Crippen LogP contribution in [0.25, 0.3) is 0 Å². The zero-order valence-corrected chi connectivity index (χ0v) is 20.7. The van der Waals surface area contributed by atoms with Gasteiger partial charge in [0.2, 0.25) is 0 Å². The van der Waals surface area contributed by atoms with Crippen molar-refractivity contribution in [2.45, 2.75) is 68.3 Å². The highest BCUT2D eigenvalue weighted by atomic mass is 16.6. The molecule has 7 aliphatic rings. The number of aliphatic hydroxyl groups excluding tert-OH is 1. The Kier molecular flexibility index (Phi) is 4.07. The van der Waals surface area contributed by atoms with Crippen LogP contribution in [0.4, 0.5) is 0 Å². The first-order valence-electron chi connectivity index (χ1n) is 13.6. The zero-order valence-electron chi connectivity index (χ0n) is 20.7. The van der Waals surface area contributed by atoms with Gasteiger partial charge in [0.15, 0.2) is 0 Å². The molecule has 4 nitrogen and oxygen atoms in total. The van der Waals surface area contributed by atoms with Crippen molar-refractivity contribution in [3.63, 3.8) is 0 Å². The predicted molar refractivity (Wildman–Crippen MR) is 135 cm³/mol. The van der Waals surface area contributed by atoms with Crippen molar-refractivity contribution >= 4 is 0 Å². The molecule has 1 saturated heterocycles. The van der Waals surface area contributed by atoms with E-state index in [1.807, 2.05) is 25.3 Å². The lowest BCUT2D eigenvalue weighted by Gasteiger charge is -2.71. The summed E-state index contributed by atoms with van der Waals surface area (Å²) in [4.78, 5) is 2.82. The quantitative estimate of drug-likeness (QED) is 0.643. The molecule has 2 aromatic carbocycles. The van der Waals surface area contributed by atoms with Gasteiger partial charge in [-0.3, -0.25) is 4.90 Å². The highest BCUT2D eigenvalue weighted by molar-refractivity contribution is 5.63. The number of likely N-dealkylation sites (tertiary alicyclic amines) is 1. The van der Waals surface area contributed by atoms with Crippen molar-refractivity contribution in [3.05, 3.63) is 76.9 Å². The van der Waals surface area contributed by atoms with E-state index in [1.165, 1.54) is 36.1 Å². The number of ether oxygens (including phenoxy) is 2. The predicted octanol–water partition coefficient (Wildman–Crippen LogP) is 4.73. The Labute approximate surface area is 207 Å². The lowest BCUT2D eigenvalue weighted by atomic mass is 9.36. The maximum Gasteiger partial charge on any atom is 0.142 e. The molecular weight excluding hydrogens is 434 g/mol. The average molecular weight is 470 g/mol. The van der Waals surface area contributed by atoms with E-state index in [4.69, 9.17) is 9.47 Å². The van der Waals surface area contributed by atoms with Crippen molar-refractivity contribution in [3.8, 4) is 5.75 Å². The smallest absolute Gasteiger partial charge is 0.142 e. The summed E-state index contributed by atoms with van der Waals surface area (Å²) in [6, 6.07) is 15.3. The Hall–Kier alpha value is -2.14. The summed E-state index contributed by atoms with van der Waals surface area (Å²) < 4.78 is 13.6. The monoisotopic (exact) mass is 469 g/mol. The Morgan fingerprint density at radius 2 is 1.97 bits per heavy atom. The topological polar surface area (TPSA) is 41.9 Å². The summed E-state index contributed by atoms with van der Waals surface area (Å²) in [5, 5.41) is 11.9. The van der Waals surface area contributed by atoms with Gasteiger partial charge in [-0.1, -0.05) is 54.6 Å². The first-order chi connectivity index (χ1) is 17.0. The van der Waals surface area contributed by atoms with Crippen LogP contribution in [0.15, 0.2) is 54.6 Å². The first kappa shape index (κ1) is 21.0. The third kappa shape index (κ3) is 2.35. The molecule has 2 aromatic rings. The summed E-state index contributed by atoms with van der Waals surface area (Å²) in [6.45, 7) is 4.54. The van der Waals surface area contributed by atoms with Crippen LogP contribution in [0, 0.1) is 24.2 Å². The fourth-order valence-corrected chi connectivity index (χ4v) is 9.22. The van der Waals surface area contributed by atoms with Crippen LogP contribution in [-0.2, 0) is 16.6 Å². The minimum Gasteiger partial charge on any atom is -0.485 e. The number of aliphatic hydroxyl groups is 1. The molecule has 0 amide bonds. The minimum atomic E-state index is -0.652. The lowest BCUT2D eigenvalue weighted by molar-refractivity contribution is -0.233. The van der Waals surface area contributed by atoms with Crippen LogP contribution in [-0.4, -0.2) is 48.0 Å². The third-order valence-corrected chi connectivity index (χ3v) is 10.9. The summed E-state index contributed by atoms with van der Waals surface area (Å²) in [6.07, 6.45) is 10.0. The van der Waals surface area contributed by atoms with Crippen LogP contribution in [0.5, 0.6) is 5.75 Å². The number of benzene rings is 2. The number of aryl methyl sites for hydroxylation is 1. The van der Waals surface area contributed by atoms with Crippen LogP contribution in [0.1, 0.15) is 54.0 Å². The van der Waals surface area contributed by atoms with E-state index in [1.54, 1.807) is 0 Å². The molecule has 5 aliphatic carbocycles. The largest absolute Gasteiger partial charge is 0.485 e. The van der Waals surface area contributed by atoms with Gasteiger partial charge in [-0.25, -0.2) is 0 Å². The Morgan fingerprint density at radius 3 is 2.74 bits per heavy atom. The molecule has 1 N–H and O–H groups in total. The molecule has 0 aromatic heterocycles. The fourth-order valence-electron chi connectivity index (χ4n) is 9.22. The van der Waals surface area contributed by atoms with Gasteiger partial charge in [-0.05, 0) is 68.2 Å². The van der Waals surface area contributed by atoms with Crippen molar-refractivity contribution in [2.24, 2.45) is 17.3 Å². The molecule has 3 fully saturated rings. The Balaban J connectivity index is 1.36. The molecule has 2 spiro atoms. The van der Waals surface area contributed by atoms with Gasteiger partial charge < -0.3 is 14.6 Å². The van der Waals surface area contributed by atoms with Crippen molar-refractivity contribution in [2.75, 3.05) is 20.2 Å². The standard InChI is InChI=1S/C31H35NO3/c1-19-8-11-22-16-24-29-12-13-31(34-2,23(17-29)26(33)21-6-4-3-5-7-21)28-30(29,25(22)27(19)35-28)14-15-32(24)18-20-9-10-20/h3-8,11-13,20,23-24,26,28,33H,9-10,14-18H2,1-2H3/t23-,24-,26?,28-,29-,30+,31-/m1/s1. The lowest BCUT2D eigenvalue weighted by Crippen LogP contribution is -2.79. The van der Waals surface area contributed by atoms with E-state index in [-0.39, 0.29) is 22.9 Å². The number of rotatable bonds is 5. The summed E-state index contributed by atoms with van der Waals surface area (Å²) in [7, 11) is 1.83. The van der Waals surface area contributed by atoms with Gasteiger partial charge in [-0.2, -0.15) is 0 Å². The molecule has 2 aliphatic heterocycles. The molecule has 4 heteroatoms. The van der Waals surface area contributed by atoms with Gasteiger partial charge in [0, 0.05) is 36.6 Å². The summed E-state index contributed by atoms with van der Waals surface area (Å²) in [5.74, 6) is 1.91. The number of methoxy groups -OCH3 is 1. The molecular formula is C31H35NO3. The molecule has 0 radical (unpaired) electrons. The van der Waals surface area contributed by atoms with E-state index in [0.29, 0.717) is 6.04 Å². The highest BCUT2D eigenvalue weighted by Crippen LogP contribution is 2.75. The van der Waals surface area contributed by atoms with Gasteiger partial charge in [0.1, 0.15) is 17.5 Å². The van der Waals surface area contributed by atoms with Crippen molar-refractivity contribution in [1.82, 2.24) is 4.90 Å². The normalized spacial score (nSPS) is 40.9. The second-order valence-corrected chi connectivity index (χ2v) is 12.2. The van der Waals surface area contributed by atoms with E-state index < -0.39 is 11.7 Å². The summed E-state index contributed by atoms with van der Waals surface area (Å²) >= 11 is 0. The van der Waals surface area contributed by atoms with Crippen LogP contribution >= 0.6 is 0 Å². The van der Waals surface area contributed by atoms with E-state index in [9.17, 15) is 5.11 Å². The van der Waals surface area contributed by atoms with Crippen molar-refractivity contribution < 1.29 is 14.6 Å². The molecule has 35 heavy (non-hydrogen) atoms. The molecule has 182 valence electrons. The molecule has 1 unspecified atom stereocenters. The van der Waals surface area contributed by atoms with Crippen LogP contribution < -0.4 is 4.74 Å². The summed E-state index contributed by atoms with van der Waals surface area (Å²) in [5.41, 5.74) is 4.39. The van der Waals surface area contributed by atoms with Crippen LogP contribution in [0.3, 0.4) is 0 Å². The first-order valence-corrected chi connectivity index (χ1v) is 13.6. The van der Waals surface area contributed by atoms with Gasteiger partial charge in [0.05, 0.1) is 11.5 Å². The number of hydrogen-bond acceptors (Lipinski definition) is 4. The number of hydrogen-bond donors (Lipinski definition) is 1. The number of piperidine rings is 1. The minimum absolute atomic E-state index is 0.0441. The second kappa shape index (κ2) is 6.79. The van der Waals surface area contributed by atoms with Crippen molar-refractivity contribution in [1.29, 1.82) is 0 Å². The van der Waals surface area contributed by atoms with E-state index in [2.05, 4.69) is 48.2 Å². The Morgan fingerprint density at radius 1 is 1.14 bits per heavy atom. The third-order valence-electron chi connectivity index (χ3n) is 10.9. The molecule has 9 rings (SSSR count). The maximum absolute atomic E-state index is 11.9. The van der Waals surface area contributed by atoms with Crippen LogP contribution in [0.2, 0.25) is 0 Å². The molecule has 4 bridgehead atoms. The van der Waals surface area contributed by atoms with Gasteiger partial charge >= 0.3 is 0 Å². The van der Waals surface area contributed by atoms with E-state index in [0.717, 1.165) is 43.0 Å². The molecule has 2 heterocycles. The number of nitrogens with zero attached hydrogens (tertiary/aromatic N) is 1. The zero-order chi connectivity index (χ0) is 23.6. The highest BCUT2D eigenvalue weighted by Gasteiger charge is 2.79. The van der Waals surface area contributed by atoms with Gasteiger partial charge in [-0.15, -0.1) is 0 Å². The van der Waals surface area contributed by atoms with E-state index >= 15 is 0 Å². The van der Waals surface area contributed by atoms with Gasteiger partial charge in [0.25, 0.3) is 0 Å².